The molecule has 4 atom stereocenters. The van der Waals surface area contributed by atoms with E-state index in [0.717, 1.165) is 17.8 Å². The van der Waals surface area contributed by atoms with Crippen LogP contribution in [0.25, 0.3) is 0 Å². The Morgan fingerprint density at radius 3 is 2.22 bits per heavy atom. The summed E-state index contributed by atoms with van der Waals surface area (Å²) >= 11 is 0. The maximum Gasteiger partial charge on any atom is 0.00957 e. The van der Waals surface area contributed by atoms with E-state index in [2.05, 4.69) is 6.92 Å². The summed E-state index contributed by atoms with van der Waals surface area (Å²) < 4.78 is 0. The highest BCUT2D eigenvalue weighted by molar-refractivity contribution is 4.96. The van der Waals surface area contributed by atoms with Gasteiger partial charge in [0.2, 0.25) is 0 Å². The smallest absolute Gasteiger partial charge is 0.00957 e. The van der Waals surface area contributed by atoms with Gasteiger partial charge < -0.3 is 5.73 Å². The molecule has 0 aromatic carbocycles. The molecule has 0 aromatic rings. The van der Waals surface area contributed by atoms with Crippen LogP contribution < -0.4 is 5.73 Å². The second-order valence-electron chi connectivity index (χ2n) is 3.77. The molecule has 1 heteroatoms. The van der Waals surface area contributed by atoms with Crippen molar-refractivity contribution in [1.29, 1.82) is 0 Å². The van der Waals surface area contributed by atoms with Gasteiger partial charge in [-0.25, -0.2) is 0 Å². The fraction of sp³-hybridized carbons (Fsp3) is 1.00. The Morgan fingerprint density at radius 1 is 1.22 bits per heavy atom. The third kappa shape index (κ3) is 0.644. The molecule has 52 valence electrons. The Balaban J connectivity index is 2.15. The number of rotatable bonds is 0. The van der Waals surface area contributed by atoms with Gasteiger partial charge in [-0.2, -0.15) is 0 Å². The van der Waals surface area contributed by atoms with E-state index in [9.17, 15) is 0 Å². The van der Waals surface area contributed by atoms with Crippen molar-refractivity contribution in [2.75, 3.05) is 0 Å². The van der Waals surface area contributed by atoms with Crippen molar-refractivity contribution in [3.8, 4) is 0 Å². The first kappa shape index (κ1) is 5.72. The van der Waals surface area contributed by atoms with E-state index in [1.54, 1.807) is 0 Å². The first-order valence-corrected chi connectivity index (χ1v) is 4.04. The van der Waals surface area contributed by atoms with E-state index in [1.807, 2.05) is 0 Å². The fourth-order valence-corrected chi connectivity index (χ4v) is 2.62. The summed E-state index contributed by atoms with van der Waals surface area (Å²) in [7, 11) is 0. The molecule has 0 spiro atoms. The first-order valence-electron chi connectivity index (χ1n) is 4.04. The van der Waals surface area contributed by atoms with Crippen LogP contribution in [0.3, 0.4) is 0 Å². The second kappa shape index (κ2) is 1.72. The van der Waals surface area contributed by atoms with Crippen molar-refractivity contribution in [2.45, 2.75) is 32.2 Å². The number of hydrogen-bond donors (Lipinski definition) is 1. The van der Waals surface area contributed by atoms with Crippen LogP contribution in [0.1, 0.15) is 26.2 Å². The number of nitrogens with two attached hydrogens (primary N) is 1. The van der Waals surface area contributed by atoms with Crippen molar-refractivity contribution in [3.05, 3.63) is 0 Å². The summed E-state index contributed by atoms with van der Waals surface area (Å²) in [4.78, 5) is 0. The zero-order chi connectivity index (χ0) is 6.43. The summed E-state index contributed by atoms with van der Waals surface area (Å²) in [6, 6.07) is 0.545. The van der Waals surface area contributed by atoms with Gasteiger partial charge in [0.25, 0.3) is 0 Å². The van der Waals surface area contributed by atoms with Crippen molar-refractivity contribution >= 4 is 0 Å². The Bertz CT molecular complexity index is 104. The molecule has 2 aliphatic rings. The largest absolute Gasteiger partial charge is 0.327 e. The quantitative estimate of drug-likeness (QED) is 0.520. The zero-order valence-electron chi connectivity index (χ0n) is 6.01. The van der Waals surface area contributed by atoms with Crippen LogP contribution in [-0.4, -0.2) is 6.04 Å². The van der Waals surface area contributed by atoms with E-state index >= 15 is 0 Å². The van der Waals surface area contributed by atoms with E-state index in [-0.39, 0.29) is 0 Å². The third-order valence-electron chi connectivity index (χ3n) is 3.41. The van der Waals surface area contributed by atoms with E-state index < -0.39 is 0 Å². The van der Waals surface area contributed by atoms with Gasteiger partial charge >= 0.3 is 0 Å². The van der Waals surface area contributed by atoms with Gasteiger partial charge in [-0.3, -0.25) is 0 Å². The lowest BCUT2D eigenvalue weighted by molar-refractivity contribution is 0.312. The van der Waals surface area contributed by atoms with Crippen LogP contribution in [0, 0.1) is 17.8 Å². The van der Waals surface area contributed by atoms with E-state index in [4.69, 9.17) is 5.73 Å². The standard InChI is InChI=1S/C8H15N/c1-5-6-2-3-7(4-6)8(5)9/h5-8H,2-4,9H2,1H3/t5?,6-,7+,8?/m1/s1. The summed E-state index contributed by atoms with van der Waals surface area (Å²) in [6.07, 6.45) is 4.30. The SMILES string of the molecule is CC1C(N)[C@H]2CC[C@@H]1C2. The van der Waals surface area contributed by atoms with Gasteiger partial charge in [-0.15, -0.1) is 0 Å². The van der Waals surface area contributed by atoms with Gasteiger partial charge in [0.1, 0.15) is 0 Å². The van der Waals surface area contributed by atoms with Gasteiger partial charge in [0.05, 0.1) is 0 Å². The predicted molar refractivity (Wildman–Crippen MR) is 38.0 cm³/mol. The molecule has 0 radical (unpaired) electrons. The molecule has 2 rings (SSSR count). The van der Waals surface area contributed by atoms with Crippen LogP contribution in [0.5, 0.6) is 0 Å². The highest BCUT2D eigenvalue weighted by Crippen LogP contribution is 2.47. The topological polar surface area (TPSA) is 26.0 Å². The van der Waals surface area contributed by atoms with Gasteiger partial charge in [0.15, 0.2) is 0 Å². The van der Waals surface area contributed by atoms with E-state index in [1.165, 1.54) is 19.3 Å². The lowest BCUT2D eigenvalue weighted by Crippen LogP contribution is -2.33. The zero-order valence-corrected chi connectivity index (χ0v) is 6.01. The Kier molecular flexibility index (Phi) is 1.10. The average molecular weight is 125 g/mol. The molecule has 0 aliphatic heterocycles. The molecular weight excluding hydrogens is 110 g/mol. The average Bonchev–Trinajstić information content (AvgIpc) is 2.37. The monoisotopic (exact) mass is 125 g/mol. The molecule has 2 N–H and O–H groups in total. The van der Waals surface area contributed by atoms with Crippen LogP contribution in [-0.2, 0) is 0 Å². The molecule has 1 nitrogen and oxygen atoms in total. The van der Waals surface area contributed by atoms with Gasteiger partial charge in [0, 0.05) is 6.04 Å². The van der Waals surface area contributed by atoms with Crippen LogP contribution in [0.2, 0.25) is 0 Å². The third-order valence-corrected chi connectivity index (χ3v) is 3.41. The molecule has 2 bridgehead atoms. The molecule has 9 heavy (non-hydrogen) atoms. The highest BCUT2D eigenvalue weighted by atomic mass is 14.7. The summed E-state index contributed by atoms with van der Waals surface area (Å²) in [5, 5.41) is 0. The predicted octanol–water partition coefficient (Wildman–Crippen LogP) is 1.38. The highest BCUT2D eigenvalue weighted by Gasteiger charge is 2.42. The van der Waals surface area contributed by atoms with Gasteiger partial charge in [-0.05, 0) is 37.0 Å². The van der Waals surface area contributed by atoms with Crippen molar-refractivity contribution in [3.63, 3.8) is 0 Å². The summed E-state index contributed by atoms with van der Waals surface area (Å²) in [5.41, 5.74) is 5.96. The minimum Gasteiger partial charge on any atom is -0.327 e. The molecule has 2 saturated carbocycles. The molecule has 2 unspecified atom stereocenters. The minimum atomic E-state index is 0.545. The maximum absolute atomic E-state index is 5.96. The molecular formula is C8H15N. The first-order chi connectivity index (χ1) is 4.29. The number of hydrogen-bond acceptors (Lipinski definition) is 1. The summed E-state index contributed by atoms with van der Waals surface area (Å²) in [5.74, 6) is 2.71. The molecule has 0 heterocycles. The molecule has 0 amide bonds. The van der Waals surface area contributed by atoms with Crippen molar-refractivity contribution in [2.24, 2.45) is 23.5 Å². The van der Waals surface area contributed by atoms with Crippen LogP contribution in [0.4, 0.5) is 0 Å². The fourth-order valence-electron chi connectivity index (χ4n) is 2.62. The normalized spacial score (nSPS) is 56.7. The molecule has 0 aromatic heterocycles. The number of fused-ring (bicyclic) bond motifs is 2. The lowest BCUT2D eigenvalue weighted by Gasteiger charge is -2.23. The Labute approximate surface area is 56.6 Å². The molecule has 2 aliphatic carbocycles. The van der Waals surface area contributed by atoms with Crippen LogP contribution in [0.15, 0.2) is 0 Å². The van der Waals surface area contributed by atoms with Crippen molar-refractivity contribution in [1.82, 2.24) is 0 Å². The Hall–Kier alpha value is -0.0400. The second-order valence-corrected chi connectivity index (χ2v) is 3.77. The lowest BCUT2D eigenvalue weighted by atomic mass is 9.87. The minimum absolute atomic E-state index is 0.545. The maximum atomic E-state index is 5.96. The van der Waals surface area contributed by atoms with Crippen LogP contribution >= 0.6 is 0 Å². The summed E-state index contributed by atoms with van der Waals surface area (Å²) in [6.45, 7) is 2.31. The van der Waals surface area contributed by atoms with E-state index in [0.29, 0.717) is 6.04 Å². The van der Waals surface area contributed by atoms with Gasteiger partial charge in [-0.1, -0.05) is 6.92 Å². The molecule has 2 fully saturated rings. The Morgan fingerprint density at radius 2 is 1.89 bits per heavy atom. The van der Waals surface area contributed by atoms with Crippen molar-refractivity contribution < 1.29 is 0 Å². The molecule has 0 saturated heterocycles.